The van der Waals surface area contributed by atoms with E-state index in [2.05, 4.69) is 0 Å². The van der Waals surface area contributed by atoms with E-state index >= 15 is 0 Å². The van der Waals surface area contributed by atoms with Gasteiger partial charge in [0.1, 0.15) is 17.3 Å². The van der Waals surface area contributed by atoms with E-state index in [1.165, 1.54) is 0 Å². The summed E-state index contributed by atoms with van der Waals surface area (Å²) in [6.45, 7) is -0.513. The predicted octanol–water partition coefficient (Wildman–Crippen LogP) is 0.00260. The molecule has 17 heavy (non-hydrogen) atoms. The summed E-state index contributed by atoms with van der Waals surface area (Å²) in [5, 5.41) is 17.2. The third-order valence-corrected chi connectivity index (χ3v) is 2.69. The van der Waals surface area contributed by atoms with Crippen molar-refractivity contribution in [2.75, 3.05) is 13.2 Å². The highest BCUT2D eigenvalue weighted by Gasteiger charge is 2.19. The van der Waals surface area contributed by atoms with Gasteiger partial charge in [-0.15, -0.1) is 0 Å². The molecule has 94 valence electrons. The zero-order valence-electron chi connectivity index (χ0n) is 8.53. The Hall–Kier alpha value is -1.64. The number of carbonyl (C=O) groups is 1. The SMILES string of the molecule is O=C(O)c1ccc(OCCO)c(S(=O)(=O)O)c1. The van der Waals surface area contributed by atoms with Gasteiger partial charge < -0.3 is 14.9 Å². The van der Waals surface area contributed by atoms with Gasteiger partial charge in [0.05, 0.1) is 12.2 Å². The standard InChI is InChI=1S/C9H10O7S/c10-3-4-16-7-2-1-6(9(11)12)5-8(7)17(13,14)15/h1-2,5,10H,3-4H2,(H,11,12)(H,13,14,15). The van der Waals surface area contributed by atoms with Crippen molar-refractivity contribution in [3.8, 4) is 5.75 Å². The maximum Gasteiger partial charge on any atom is 0.335 e. The highest BCUT2D eigenvalue weighted by atomic mass is 32.2. The highest BCUT2D eigenvalue weighted by Crippen LogP contribution is 2.25. The lowest BCUT2D eigenvalue weighted by Crippen LogP contribution is -2.08. The molecule has 1 rings (SSSR count). The van der Waals surface area contributed by atoms with Crippen LogP contribution in [0.25, 0.3) is 0 Å². The molecule has 3 N–H and O–H groups in total. The predicted molar refractivity (Wildman–Crippen MR) is 55.8 cm³/mol. The van der Waals surface area contributed by atoms with Crippen molar-refractivity contribution < 1.29 is 32.7 Å². The second-order valence-corrected chi connectivity index (χ2v) is 4.40. The van der Waals surface area contributed by atoms with Crippen LogP contribution in [-0.4, -0.2) is 42.4 Å². The van der Waals surface area contributed by atoms with Crippen molar-refractivity contribution in [1.82, 2.24) is 0 Å². The Bertz CT molecular complexity index is 520. The topological polar surface area (TPSA) is 121 Å². The van der Waals surface area contributed by atoms with Crippen molar-refractivity contribution in [3.63, 3.8) is 0 Å². The number of ether oxygens (including phenoxy) is 1. The number of hydrogen-bond donors (Lipinski definition) is 3. The van der Waals surface area contributed by atoms with Crippen molar-refractivity contribution in [2.24, 2.45) is 0 Å². The maximum atomic E-state index is 11.0. The van der Waals surface area contributed by atoms with Crippen LogP contribution in [0, 0.1) is 0 Å². The Morgan fingerprint density at radius 3 is 2.47 bits per heavy atom. The Kier molecular flexibility index (Phi) is 4.05. The zero-order chi connectivity index (χ0) is 13.1. The average molecular weight is 262 g/mol. The molecule has 0 heterocycles. The van der Waals surface area contributed by atoms with Crippen molar-refractivity contribution >= 4 is 16.1 Å². The molecule has 0 saturated carbocycles. The molecule has 0 fully saturated rings. The minimum absolute atomic E-state index is 0.172. The monoisotopic (exact) mass is 262 g/mol. The fourth-order valence-corrected chi connectivity index (χ4v) is 1.77. The summed E-state index contributed by atoms with van der Waals surface area (Å²) in [4.78, 5) is 10.0. The Balaban J connectivity index is 3.27. The highest BCUT2D eigenvalue weighted by molar-refractivity contribution is 7.86. The smallest absolute Gasteiger partial charge is 0.335 e. The molecule has 0 amide bonds. The summed E-state index contributed by atoms with van der Waals surface area (Å²) >= 11 is 0. The van der Waals surface area contributed by atoms with Gasteiger partial charge >= 0.3 is 5.97 Å². The molecule has 0 aliphatic heterocycles. The normalized spacial score (nSPS) is 11.2. The molecule has 1 aromatic rings. The third-order valence-electron chi connectivity index (χ3n) is 1.82. The minimum atomic E-state index is -4.59. The molecule has 0 aliphatic carbocycles. The Labute approximate surface area is 97.0 Å². The van der Waals surface area contributed by atoms with Gasteiger partial charge in [-0.2, -0.15) is 8.42 Å². The lowest BCUT2D eigenvalue weighted by atomic mass is 10.2. The maximum absolute atomic E-state index is 11.0. The largest absolute Gasteiger partial charge is 0.490 e. The van der Waals surface area contributed by atoms with Crippen LogP contribution in [-0.2, 0) is 10.1 Å². The summed E-state index contributed by atoms with van der Waals surface area (Å²) in [6.07, 6.45) is 0. The van der Waals surface area contributed by atoms with Crippen LogP contribution in [0.3, 0.4) is 0 Å². The second kappa shape index (κ2) is 5.13. The summed E-state index contributed by atoms with van der Waals surface area (Å²) in [6, 6.07) is 3.01. The molecule has 8 heteroatoms. The number of carboxylic acid groups (broad SMARTS) is 1. The van der Waals surface area contributed by atoms with Crippen LogP contribution in [0.1, 0.15) is 10.4 Å². The molecule has 0 saturated heterocycles. The number of aliphatic hydroxyl groups is 1. The van der Waals surface area contributed by atoms with Gasteiger partial charge in [-0.3, -0.25) is 4.55 Å². The summed E-state index contributed by atoms with van der Waals surface area (Å²) in [5.41, 5.74) is -0.297. The number of aromatic carboxylic acids is 1. The molecular weight excluding hydrogens is 252 g/mol. The van der Waals surface area contributed by atoms with Crippen LogP contribution in [0.5, 0.6) is 5.75 Å². The summed E-state index contributed by atoms with van der Waals surface area (Å²) in [7, 11) is -4.59. The molecule has 1 aromatic carbocycles. The first kappa shape index (κ1) is 13.4. The van der Waals surface area contributed by atoms with E-state index in [1.54, 1.807) is 0 Å². The zero-order valence-corrected chi connectivity index (χ0v) is 9.35. The van der Waals surface area contributed by atoms with Gasteiger partial charge in [0.25, 0.3) is 10.1 Å². The van der Waals surface area contributed by atoms with E-state index in [4.69, 9.17) is 19.5 Å². The van der Waals surface area contributed by atoms with Gasteiger partial charge in [-0.05, 0) is 18.2 Å². The lowest BCUT2D eigenvalue weighted by Gasteiger charge is -2.09. The number of hydrogen-bond acceptors (Lipinski definition) is 5. The molecule has 0 aromatic heterocycles. The number of rotatable bonds is 5. The molecule has 0 atom stereocenters. The molecule has 0 unspecified atom stereocenters. The van der Waals surface area contributed by atoms with Crippen LogP contribution < -0.4 is 4.74 Å². The van der Waals surface area contributed by atoms with E-state index in [1.807, 2.05) is 0 Å². The molecule has 7 nitrogen and oxygen atoms in total. The fraction of sp³-hybridized carbons (Fsp3) is 0.222. The van der Waals surface area contributed by atoms with E-state index in [0.29, 0.717) is 0 Å². The molecular formula is C9H10O7S. The number of carboxylic acids is 1. The molecule has 0 aliphatic rings. The van der Waals surface area contributed by atoms with E-state index in [9.17, 15) is 13.2 Å². The van der Waals surface area contributed by atoms with Crippen molar-refractivity contribution in [2.45, 2.75) is 4.90 Å². The molecule has 0 bridgehead atoms. The van der Waals surface area contributed by atoms with Gasteiger partial charge in [0.2, 0.25) is 0 Å². The third kappa shape index (κ3) is 3.41. The quantitative estimate of drug-likeness (QED) is 0.638. The van der Waals surface area contributed by atoms with Crippen molar-refractivity contribution in [3.05, 3.63) is 23.8 Å². The average Bonchev–Trinajstić information content (AvgIpc) is 2.24. The van der Waals surface area contributed by atoms with Gasteiger partial charge in [0.15, 0.2) is 0 Å². The Morgan fingerprint density at radius 2 is 2.00 bits per heavy atom. The molecule has 0 spiro atoms. The second-order valence-electron chi connectivity index (χ2n) is 3.01. The van der Waals surface area contributed by atoms with Gasteiger partial charge in [0, 0.05) is 0 Å². The number of benzene rings is 1. The van der Waals surface area contributed by atoms with E-state index in [0.717, 1.165) is 18.2 Å². The van der Waals surface area contributed by atoms with E-state index < -0.39 is 21.0 Å². The molecule has 0 radical (unpaired) electrons. The van der Waals surface area contributed by atoms with Gasteiger partial charge in [-0.25, -0.2) is 4.79 Å². The first-order valence-corrected chi connectivity index (χ1v) is 5.88. The summed E-state index contributed by atoms with van der Waals surface area (Å²) < 4.78 is 35.8. The van der Waals surface area contributed by atoms with Crippen LogP contribution >= 0.6 is 0 Å². The minimum Gasteiger partial charge on any atom is -0.490 e. The van der Waals surface area contributed by atoms with Gasteiger partial charge in [-0.1, -0.05) is 0 Å². The van der Waals surface area contributed by atoms with Crippen LogP contribution in [0.4, 0.5) is 0 Å². The van der Waals surface area contributed by atoms with Crippen LogP contribution in [0.15, 0.2) is 23.1 Å². The first-order chi connectivity index (χ1) is 7.86. The van der Waals surface area contributed by atoms with Crippen LogP contribution in [0.2, 0.25) is 0 Å². The first-order valence-electron chi connectivity index (χ1n) is 4.44. The fourth-order valence-electron chi connectivity index (χ4n) is 1.12. The van der Waals surface area contributed by atoms with E-state index in [-0.39, 0.29) is 24.5 Å². The number of aliphatic hydroxyl groups excluding tert-OH is 1. The Morgan fingerprint density at radius 1 is 1.35 bits per heavy atom. The lowest BCUT2D eigenvalue weighted by molar-refractivity contribution is 0.0696. The van der Waals surface area contributed by atoms with Crippen molar-refractivity contribution in [1.29, 1.82) is 0 Å². The summed E-state index contributed by atoms with van der Waals surface area (Å²) in [5.74, 6) is -1.55.